The molecule has 1 rings (SSSR count). The predicted molar refractivity (Wildman–Crippen MR) is 52.9 cm³/mol. The molecule has 1 atom stereocenters. The van der Waals surface area contributed by atoms with E-state index in [2.05, 4.69) is 13.0 Å². The highest BCUT2D eigenvalue weighted by atomic mass is 32.2. The topological polar surface area (TPSA) is 20.3 Å². The van der Waals surface area contributed by atoms with Crippen LogP contribution >= 0.6 is 0 Å². The zero-order valence-corrected chi connectivity index (χ0v) is 8.65. The molecule has 0 aromatic heterocycles. The van der Waals surface area contributed by atoms with E-state index in [0.29, 0.717) is 0 Å². The normalized spacial score (nSPS) is 20.3. The van der Waals surface area contributed by atoms with Gasteiger partial charge in [0.15, 0.2) is 0 Å². The third-order valence-corrected chi connectivity index (χ3v) is 3.16. The summed E-state index contributed by atoms with van der Waals surface area (Å²) in [5.74, 6) is 0. The van der Waals surface area contributed by atoms with Gasteiger partial charge in [-0.3, -0.25) is 0 Å². The maximum atomic E-state index is 11.6. The molecule has 0 saturated carbocycles. The largest absolute Gasteiger partial charge is 0.237 e. The number of hydrogen-bond donors (Lipinski definition) is 0. The zero-order chi connectivity index (χ0) is 9.14. The molecule has 0 aliphatic heterocycles. The number of hydrogen-bond acceptors (Lipinski definition) is 1. The predicted octanol–water partition coefficient (Wildman–Crippen LogP) is 1.84. The summed E-state index contributed by atoms with van der Waals surface area (Å²) in [7, 11) is 2.70. The van der Waals surface area contributed by atoms with Gasteiger partial charge in [0.25, 0.3) is 0 Å². The molecule has 0 radical (unpaired) electrons. The molecule has 0 aromatic carbocycles. The molecule has 2 nitrogen and oxygen atoms in total. The minimum atomic E-state index is -0.961. The van der Waals surface area contributed by atoms with Crippen molar-refractivity contribution in [3.63, 3.8) is 0 Å². The van der Waals surface area contributed by atoms with Gasteiger partial charge in [-0.15, -0.1) is 0 Å². The molecule has 0 aromatic rings. The van der Waals surface area contributed by atoms with Gasteiger partial charge >= 0.3 is 0 Å². The third kappa shape index (κ3) is 2.29. The molecule has 0 amide bonds. The lowest BCUT2D eigenvalue weighted by Crippen LogP contribution is -2.16. The van der Waals surface area contributed by atoms with Crippen molar-refractivity contribution in [2.75, 3.05) is 14.1 Å². The van der Waals surface area contributed by atoms with E-state index in [1.165, 1.54) is 5.57 Å². The number of allylic oxidation sites excluding steroid dienone is 3. The Morgan fingerprint density at radius 1 is 1.50 bits per heavy atom. The van der Waals surface area contributed by atoms with Crippen molar-refractivity contribution in [2.24, 2.45) is 0 Å². The van der Waals surface area contributed by atoms with Crippen LogP contribution in [-0.2, 0) is 11.0 Å². The Balaban J connectivity index is 2.76. The maximum Gasteiger partial charge on any atom is 0.126 e. The van der Waals surface area contributed by atoms with Gasteiger partial charge in [0, 0.05) is 0 Å². The smallest absolute Gasteiger partial charge is 0.126 e. The van der Waals surface area contributed by atoms with Crippen LogP contribution in [0.25, 0.3) is 0 Å². The molecule has 3 heteroatoms. The second-order valence-corrected chi connectivity index (χ2v) is 4.90. The van der Waals surface area contributed by atoms with Crippen molar-refractivity contribution in [1.29, 1.82) is 0 Å². The second-order valence-electron chi connectivity index (χ2n) is 3.20. The van der Waals surface area contributed by atoms with E-state index < -0.39 is 11.0 Å². The van der Waals surface area contributed by atoms with Gasteiger partial charge in [-0.25, -0.2) is 8.51 Å². The zero-order valence-electron chi connectivity index (χ0n) is 7.83. The Hall–Kier alpha value is -0.410. The van der Waals surface area contributed by atoms with Gasteiger partial charge in [0.05, 0.1) is 4.91 Å². The monoisotopic (exact) mass is 185 g/mol. The molecule has 1 aliphatic carbocycles. The molecule has 0 spiro atoms. The van der Waals surface area contributed by atoms with Crippen molar-refractivity contribution in [1.82, 2.24) is 4.31 Å². The Labute approximate surface area is 76.5 Å². The molecule has 1 aliphatic rings. The lowest BCUT2D eigenvalue weighted by atomic mass is 10.1. The van der Waals surface area contributed by atoms with E-state index in [9.17, 15) is 4.21 Å². The van der Waals surface area contributed by atoms with E-state index in [0.717, 1.165) is 17.7 Å². The summed E-state index contributed by atoms with van der Waals surface area (Å²) in [6.45, 7) is 2.08. The van der Waals surface area contributed by atoms with Crippen molar-refractivity contribution >= 4 is 11.0 Å². The highest BCUT2D eigenvalue weighted by Crippen LogP contribution is 2.19. The lowest BCUT2D eigenvalue weighted by Gasteiger charge is -2.14. The van der Waals surface area contributed by atoms with Crippen LogP contribution in [0.15, 0.2) is 22.6 Å². The van der Waals surface area contributed by atoms with E-state index in [1.807, 2.05) is 20.2 Å². The van der Waals surface area contributed by atoms with E-state index >= 15 is 0 Å². The summed E-state index contributed by atoms with van der Waals surface area (Å²) in [6.07, 6.45) is 6.22. The maximum absolute atomic E-state index is 11.6. The van der Waals surface area contributed by atoms with Crippen LogP contribution < -0.4 is 0 Å². The van der Waals surface area contributed by atoms with Crippen LogP contribution in [0.5, 0.6) is 0 Å². The molecule has 68 valence electrons. The average molecular weight is 185 g/mol. The second kappa shape index (κ2) is 4.01. The average Bonchev–Trinajstić information content (AvgIpc) is 2.03. The van der Waals surface area contributed by atoms with Gasteiger partial charge < -0.3 is 0 Å². The highest BCUT2D eigenvalue weighted by Gasteiger charge is 2.10. The van der Waals surface area contributed by atoms with Crippen LogP contribution in [0.2, 0.25) is 0 Å². The Kier molecular flexibility index (Phi) is 3.23. The first kappa shape index (κ1) is 9.68. The van der Waals surface area contributed by atoms with Crippen molar-refractivity contribution in [2.45, 2.75) is 19.8 Å². The molecule has 12 heavy (non-hydrogen) atoms. The van der Waals surface area contributed by atoms with Crippen molar-refractivity contribution in [3.8, 4) is 0 Å². The van der Waals surface area contributed by atoms with Crippen LogP contribution in [0.3, 0.4) is 0 Å². The fraction of sp³-hybridized carbons (Fsp3) is 0.556. The summed E-state index contributed by atoms with van der Waals surface area (Å²) < 4.78 is 13.3. The summed E-state index contributed by atoms with van der Waals surface area (Å²) in [5.41, 5.74) is 1.32. The lowest BCUT2D eigenvalue weighted by molar-refractivity contribution is 0.609. The fourth-order valence-electron chi connectivity index (χ4n) is 1.15. The molecule has 0 bridgehead atoms. The molecule has 1 unspecified atom stereocenters. The van der Waals surface area contributed by atoms with Gasteiger partial charge in [-0.2, -0.15) is 0 Å². The Morgan fingerprint density at radius 2 is 2.17 bits per heavy atom. The molecule has 0 fully saturated rings. The van der Waals surface area contributed by atoms with Gasteiger partial charge in [-0.05, 0) is 39.9 Å². The van der Waals surface area contributed by atoms with Crippen LogP contribution in [0.1, 0.15) is 19.8 Å². The van der Waals surface area contributed by atoms with E-state index in [4.69, 9.17) is 0 Å². The van der Waals surface area contributed by atoms with Gasteiger partial charge in [-0.1, -0.05) is 11.6 Å². The summed E-state index contributed by atoms with van der Waals surface area (Å²) >= 11 is 0. The van der Waals surface area contributed by atoms with Crippen molar-refractivity contribution < 1.29 is 4.21 Å². The van der Waals surface area contributed by atoms with Crippen LogP contribution in [0.4, 0.5) is 0 Å². The quantitative estimate of drug-likeness (QED) is 0.643. The first-order chi connectivity index (χ1) is 5.61. The Morgan fingerprint density at radius 3 is 2.67 bits per heavy atom. The SMILES string of the molecule is CC1=CC(S(=O)N(C)C)=CCC1. The first-order valence-corrected chi connectivity index (χ1v) is 5.18. The van der Waals surface area contributed by atoms with Crippen LogP contribution in [-0.4, -0.2) is 22.6 Å². The number of rotatable bonds is 2. The summed E-state index contributed by atoms with van der Waals surface area (Å²) in [6, 6.07) is 0. The molecule has 0 heterocycles. The van der Waals surface area contributed by atoms with Gasteiger partial charge in [0.1, 0.15) is 11.0 Å². The standard InChI is InChI=1S/C9H15NOS/c1-8-5-4-6-9(7-8)12(11)10(2)3/h6-7H,4-5H2,1-3H3. The minimum Gasteiger partial charge on any atom is -0.237 e. The fourth-order valence-corrected chi connectivity index (χ4v) is 2.13. The summed E-state index contributed by atoms with van der Waals surface area (Å²) in [4.78, 5) is 0.948. The van der Waals surface area contributed by atoms with Crippen LogP contribution in [0, 0.1) is 0 Å². The molecular weight excluding hydrogens is 170 g/mol. The molecular formula is C9H15NOS. The number of nitrogens with zero attached hydrogens (tertiary/aromatic N) is 1. The minimum absolute atomic E-state index is 0.948. The summed E-state index contributed by atoms with van der Waals surface area (Å²) in [5, 5.41) is 0. The highest BCUT2D eigenvalue weighted by molar-refractivity contribution is 7.86. The van der Waals surface area contributed by atoms with E-state index in [1.54, 1.807) is 4.31 Å². The van der Waals surface area contributed by atoms with Gasteiger partial charge in [0.2, 0.25) is 0 Å². The first-order valence-electron chi connectivity index (χ1n) is 4.08. The van der Waals surface area contributed by atoms with Crippen molar-refractivity contribution in [3.05, 3.63) is 22.6 Å². The molecule has 0 saturated heterocycles. The molecule has 0 N–H and O–H groups in total. The van der Waals surface area contributed by atoms with E-state index in [-0.39, 0.29) is 0 Å². The Bertz CT molecular complexity index is 253. The third-order valence-electron chi connectivity index (χ3n) is 1.81.